The molecule has 1 amide bonds. The number of benzene rings is 1. The van der Waals surface area contributed by atoms with E-state index in [-0.39, 0.29) is 11.5 Å². The highest BCUT2D eigenvalue weighted by Gasteiger charge is 2.32. The fourth-order valence-electron chi connectivity index (χ4n) is 2.52. The normalized spacial score (nSPS) is 18.8. The highest BCUT2D eigenvalue weighted by molar-refractivity contribution is 5.80. The predicted molar refractivity (Wildman–Crippen MR) is 83.9 cm³/mol. The number of hydrogen-bond donors (Lipinski definition) is 0. The van der Waals surface area contributed by atoms with Gasteiger partial charge in [0.1, 0.15) is 11.9 Å². The molecule has 1 saturated heterocycles. The monoisotopic (exact) mass is 307 g/mol. The smallest absolute Gasteiger partial charge is 0.251 e. The zero-order chi connectivity index (χ0) is 16.2. The third-order valence-electron chi connectivity index (χ3n) is 3.72. The van der Waals surface area contributed by atoms with E-state index in [0.717, 1.165) is 11.3 Å². The maximum atomic E-state index is 12.5. The third kappa shape index (κ3) is 4.45. The summed E-state index contributed by atoms with van der Waals surface area (Å²) in [5.41, 5.74) is 0.696. The summed E-state index contributed by atoms with van der Waals surface area (Å²) in [6.07, 6.45) is -0.472. The van der Waals surface area contributed by atoms with Crippen LogP contribution < -0.4 is 4.74 Å². The second-order valence-corrected chi connectivity index (χ2v) is 6.17. The summed E-state index contributed by atoms with van der Waals surface area (Å²) < 4.78 is 16.5. The quantitative estimate of drug-likeness (QED) is 0.837. The van der Waals surface area contributed by atoms with E-state index < -0.39 is 6.10 Å². The number of nitrogens with zero attached hydrogens (tertiary/aromatic N) is 1. The van der Waals surface area contributed by atoms with Crippen LogP contribution >= 0.6 is 0 Å². The molecule has 1 fully saturated rings. The Hall–Kier alpha value is -1.59. The molecule has 0 aliphatic carbocycles. The Morgan fingerprint density at radius 3 is 2.91 bits per heavy atom. The first-order chi connectivity index (χ1) is 10.4. The van der Waals surface area contributed by atoms with Crippen molar-refractivity contribution in [1.29, 1.82) is 0 Å². The molecule has 22 heavy (non-hydrogen) atoms. The highest BCUT2D eigenvalue weighted by Crippen LogP contribution is 2.18. The minimum absolute atomic E-state index is 0.0132. The average molecular weight is 307 g/mol. The van der Waals surface area contributed by atoms with Crippen molar-refractivity contribution in [2.75, 3.05) is 26.8 Å². The SMILES string of the molecule is COc1cccc(COC(C)C(=O)N2CCOC(C)(C)C2)c1. The Morgan fingerprint density at radius 1 is 1.45 bits per heavy atom. The van der Waals surface area contributed by atoms with Gasteiger partial charge in [-0.3, -0.25) is 4.79 Å². The molecule has 1 heterocycles. The molecule has 1 aliphatic rings. The molecule has 122 valence electrons. The highest BCUT2D eigenvalue weighted by atomic mass is 16.5. The van der Waals surface area contributed by atoms with Gasteiger partial charge < -0.3 is 19.1 Å². The van der Waals surface area contributed by atoms with Crippen molar-refractivity contribution in [2.45, 2.75) is 39.1 Å². The van der Waals surface area contributed by atoms with Gasteiger partial charge in [0.15, 0.2) is 0 Å². The van der Waals surface area contributed by atoms with Crippen molar-refractivity contribution in [3.05, 3.63) is 29.8 Å². The maximum absolute atomic E-state index is 12.5. The number of morpholine rings is 1. The topological polar surface area (TPSA) is 48.0 Å². The van der Waals surface area contributed by atoms with Crippen LogP contribution in [-0.4, -0.2) is 49.3 Å². The van der Waals surface area contributed by atoms with E-state index in [0.29, 0.717) is 26.3 Å². The van der Waals surface area contributed by atoms with E-state index in [4.69, 9.17) is 14.2 Å². The molecule has 1 atom stereocenters. The van der Waals surface area contributed by atoms with E-state index in [9.17, 15) is 4.79 Å². The summed E-state index contributed by atoms with van der Waals surface area (Å²) in [7, 11) is 1.63. The third-order valence-corrected chi connectivity index (χ3v) is 3.72. The number of ether oxygens (including phenoxy) is 3. The average Bonchev–Trinajstić information content (AvgIpc) is 2.51. The largest absolute Gasteiger partial charge is 0.497 e. The second kappa shape index (κ2) is 7.11. The predicted octanol–water partition coefficient (Wildman–Crippen LogP) is 2.24. The van der Waals surface area contributed by atoms with Crippen LogP contribution in [0.1, 0.15) is 26.3 Å². The van der Waals surface area contributed by atoms with Crippen LogP contribution in [0.2, 0.25) is 0 Å². The molecule has 1 aromatic carbocycles. The van der Waals surface area contributed by atoms with Gasteiger partial charge in [-0.1, -0.05) is 12.1 Å². The fourth-order valence-corrected chi connectivity index (χ4v) is 2.52. The van der Waals surface area contributed by atoms with E-state index in [1.54, 1.807) is 14.0 Å². The molecule has 1 unspecified atom stereocenters. The second-order valence-electron chi connectivity index (χ2n) is 6.17. The van der Waals surface area contributed by atoms with Crippen LogP contribution in [0.3, 0.4) is 0 Å². The van der Waals surface area contributed by atoms with Crippen LogP contribution in [0.25, 0.3) is 0 Å². The van der Waals surface area contributed by atoms with Gasteiger partial charge in [-0.2, -0.15) is 0 Å². The van der Waals surface area contributed by atoms with E-state index in [2.05, 4.69) is 0 Å². The Bertz CT molecular complexity index is 515. The van der Waals surface area contributed by atoms with Gasteiger partial charge in [0.2, 0.25) is 0 Å². The van der Waals surface area contributed by atoms with Gasteiger partial charge in [0, 0.05) is 13.1 Å². The Labute approximate surface area is 132 Å². The van der Waals surface area contributed by atoms with Gasteiger partial charge in [-0.25, -0.2) is 0 Å². The van der Waals surface area contributed by atoms with Gasteiger partial charge in [-0.15, -0.1) is 0 Å². The molecule has 0 bridgehead atoms. The van der Waals surface area contributed by atoms with Crippen LogP contribution in [0.15, 0.2) is 24.3 Å². The fraction of sp³-hybridized carbons (Fsp3) is 0.588. The Kier molecular flexibility index (Phi) is 5.42. The molecule has 1 aliphatic heterocycles. The first-order valence-corrected chi connectivity index (χ1v) is 7.58. The van der Waals surface area contributed by atoms with Crippen LogP contribution in [0.5, 0.6) is 5.75 Å². The molecule has 1 aromatic rings. The van der Waals surface area contributed by atoms with Gasteiger partial charge in [0.25, 0.3) is 5.91 Å². The van der Waals surface area contributed by atoms with Crippen molar-refractivity contribution in [1.82, 2.24) is 4.90 Å². The Balaban J connectivity index is 1.88. The number of methoxy groups -OCH3 is 1. The van der Waals surface area contributed by atoms with Gasteiger partial charge in [0.05, 0.1) is 25.9 Å². The Morgan fingerprint density at radius 2 is 2.23 bits per heavy atom. The minimum atomic E-state index is -0.472. The van der Waals surface area contributed by atoms with Crippen molar-refractivity contribution in [3.63, 3.8) is 0 Å². The van der Waals surface area contributed by atoms with Crippen LogP contribution in [0.4, 0.5) is 0 Å². The number of carbonyl (C=O) groups excluding carboxylic acids is 1. The summed E-state index contributed by atoms with van der Waals surface area (Å²) >= 11 is 0. The maximum Gasteiger partial charge on any atom is 0.251 e. The van der Waals surface area contributed by atoms with E-state index in [1.165, 1.54) is 0 Å². The number of hydrogen-bond acceptors (Lipinski definition) is 4. The van der Waals surface area contributed by atoms with Gasteiger partial charge in [-0.05, 0) is 38.5 Å². The van der Waals surface area contributed by atoms with Crippen LogP contribution in [-0.2, 0) is 20.9 Å². The molecule has 2 rings (SSSR count). The number of carbonyl (C=O) groups is 1. The lowest BCUT2D eigenvalue weighted by Gasteiger charge is -2.39. The molecular weight excluding hydrogens is 282 g/mol. The first kappa shape index (κ1) is 16.8. The van der Waals surface area contributed by atoms with Crippen LogP contribution in [0, 0.1) is 0 Å². The standard InChI is InChI=1S/C17H25NO4/c1-13(16(19)18-8-9-22-17(2,3)12-18)21-11-14-6-5-7-15(10-14)20-4/h5-7,10,13H,8-9,11-12H2,1-4H3. The van der Waals surface area contributed by atoms with Crippen molar-refractivity contribution in [2.24, 2.45) is 0 Å². The minimum Gasteiger partial charge on any atom is -0.497 e. The van der Waals surface area contributed by atoms with E-state index in [1.807, 2.05) is 43.0 Å². The molecule has 5 heteroatoms. The summed E-state index contributed by atoms with van der Waals surface area (Å²) in [5, 5.41) is 0. The lowest BCUT2D eigenvalue weighted by molar-refractivity contribution is -0.157. The lowest BCUT2D eigenvalue weighted by atomic mass is 10.1. The number of amides is 1. The molecular formula is C17H25NO4. The molecule has 0 spiro atoms. The summed E-state index contributed by atoms with van der Waals surface area (Å²) in [4.78, 5) is 14.3. The zero-order valence-electron chi connectivity index (χ0n) is 13.8. The number of rotatable bonds is 5. The van der Waals surface area contributed by atoms with Crippen molar-refractivity contribution < 1.29 is 19.0 Å². The molecule has 0 radical (unpaired) electrons. The molecule has 0 N–H and O–H groups in total. The summed E-state index contributed by atoms with van der Waals surface area (Å²) in [5.74, 6) is 0.800. The van der Waals surface area contributed by atoms with Crippen molar-refractivity contribution >= 4 is 5.91 Å². The first-order valence-electron chi connectivity index (χ1n) is 7.58. The summed E-state index contributed by atoms with van der Waals surface area (Å²) in [6.45, 7) is 7.96. The van der Waals surface area contributed by atoms with Gasteiger partial charge >= 0.3 is 0 Å². The summed E-state index contributed by atoms with van der Waals surface area (Å²) in [6, 6.07) is 7.66. The van der Waals surface area contributed by atoms with Crippen molar-refractivity contribution in [3.8, 4) is 5.75 Å². The van der Waals surface area contributed by atoms with E-state index >= 15 is 0 Å². The zero-order valence-corrected chi connectivity index (χ0v) is 13.8. The molecule has 0 aromatic heterocycles. The molecule has 0 saturated carbocycles. The molecule has 5 nitrogen and oxygen atoms in total. The lowest BCUT2D eigenvalue weighted by Crippen LogP contribution is -2.53.